The highest BCUT2D eigenvalue weighted by molar-refractivity contribution is 5.96. The van der Waals surface area contributed by atoms with E-state index in [-0.39, 0.29) is 30.9 Å². The van der Waals surface area contributed by atoms with Gasteiger partial charge in [-0.1, -0.05) is 30.3 Å². The van der Waals surface area contributed by atoms with E-state index in [9.17, 15) is 19.2 Å². The second-order valence-corrected chi connectivity index (χ2v) is 10.8. The van der Waals surface area contributed by atoms with E-state index in [4.69, 9.17) is 15.2 Å². The summed E-state index contributed by atoms with van der Waals surface area (Å²) in [5, 5.41) is 2.95. The molecule has 11 heteroatoms. The Balaban J connectivity index is 1.51. The number of nitrogens with one attached hydrogen (secondary N) is 1. The Bertz CT molecular complexity index is 1230. The number of unbranched alkanes of at least 4 members (excludes halogenated alkanes) is 1. The molecule has 226 valence electrons. The van der Waals surface area contributed by atoms with Gasteiger partial charge in [-0.25, -0.2) is 0 Å². The number of nitrogens with two attached hydrogens (primary N) is 1. The van der Waals surface area contributed by atoms with E-state index in [0.717, 1.165) is 17.7 Å². The molecule has 2 aromatic rings. The maximum atomic E-state index is 13.9. The van der Waals surface area contributed by atoms with Gasteiger partial charge in [-0.05, 0) is 62.1 Å². The van der Waals surface area contributed by atoms with Crippen LogP contribution in [0.5, 0.6) is 5.75 Å². The van der Waals surface area contributed by atoms with Crippen molar-refractivity contribution < 1.29 is 28.7 Å². The highest BCUT2D eigenvalue weighted by Crippen LogP contribution is 2.39. The molecule has 0 aliphatic carbocycles. The average Bonchev–Trinajstić information content (AvgIpc) is 3.27. The van der Waals surface area contributed by atoms with E-state index in [2.05, 4.69) is 5.32 Å². The number of benzene rings is 2. The smallest absolute Gasteiger partial charge is 0.325 e. The number of nitrogens with zero attached hydrogens (tertiary/aromatic N) is 3. The Kier molecular flexibility index (Phi) is 10.4. The summed E-state index contributed by atoms with van der Waals surface area (Å²) in [6.45, 7) is 1.30. The zero-order valence-electron chi connectivity index (χ0n) is 24.4. The second-order valence-electron chi connectivity index (χ2n) is 10.8. The van der Waals surface area contributed by atoms with Gasteiger partial charge in [0.2, 0.25) is 11.8 Å². The van der Waals surface area contributed by atoms with E-state index >= 15 is 0 Å². The monoisotopic (exact) mass is 579 g/mol. The summed E-state index contributed by atoms with van der Waals surface area (Å²) in [7, 11) is 2.89. The molecule has 0 aromatic heterocycles. The first-order valence-electron chi connectivity index (χ1n) is 14.4. The number of carbonyl (C=O) groups is 4. The molecule has 42 heavy (non-hydrogen) atoms. The summed E-state index contributed by atoms with van der Waals surface area (Å²) in [4.78, 5) is 57.8. The predicted octanol–water partition coefficient (Wildman–Crippen LogP) is 1.69. The summed E-state index contributed by atoms with van der Waals surface area (Å²) in [6, 6.07) is 16.3. The SMILES string of the molecule is COC(=O)CN1CN(c2ccccc2)C2(CCN(C(=O)[C@@H](Cc3ccc(OC)cc3)NC(=O)CCCCN)CC2)C1=O. The van der Waals surface area contributed by atoms with Crippen LogP contribution in [0.3, 0.4) is 0 Å². The van der Waals surface area contributed by atoms with Crippen molar-refractivity contribution in [2.24, 2.45) is 5.73 Å². The quantitative estimate of drug-likeness (QED) is 0.287. The van der Waals surface area contributed by atoms with Crippen molar-refractivity contribution in [1.29, 1.82) is 0 Å². The van der Waals surface area contributed by atoms with Crippen LogP contribution in [0.25, 0.3) is 0 Å². The number of anilines is 1. The van der Waals surface area contributed by atoms with Gasteiger partial charge in [-0.15, -0.1) is 0 Å². The number of para-hydroxylation sites is 1. The van der Waals surface area contributed by atoms with Crippen LogP contribution in [0.2, 0.25) is 0 Å². The molecule has 4 rings (SSSR count). The first kappa shape index (κ1) is 30.8. The highest BCUT2D eigenvalue weighted by atomic mass is 16.5. The molecule has 1 spiro atoms. The Morgan fingerprint density at radius 2 is 1.69 bits per heavy atom. The summed E-state index contributed by atoms with van der Waals surface area (Å²) < 4.78 is 10.1. The molecule has 11 nitrogen and oxygen atoms in total. The fraction of sp³-hybridized carbons (Fsp3) is 0.484. The van der Waals surface area contributed by atoms with Gasteiger partial charge in [0.25, 0.3) is 5.91 Å². The van der Waals surface area contributed by atoms with E-state index in [1.54, 1.807) is 12.0 Å². The van der Waals surface area contributed by atoms with E-state index < -0.39 is 17.6 Å². The van der Waals surface area contributed by atoms with Crippen LogP contribution in [-0.2, 0) is 30.3 Å². The lowest BCUT2D eigenvalue weighted by Crippen LogP contribution is -2.59. The number of piperidine rings is 1. The molecule has 0 radical (unpaired) electrons. The molecule has 1 atom stereocenters. The Morgan fingerprint density at radius 1 is 1.00 bits per heavy atom. The van der Waals surface area contributed by atoms with Crippen LogP contribution in [-0.4, -0.2) is 92.1 Å². The van der Waals surface area contributed by atoms with Crippen molar-refractivity contribution in [3.05, 3.63) is 60.2 Å². The van der Waals surface area contributed by atoms with E-state index in [1.165, 1.54) is 12.0 Å². The lowest BCUT2D eigenvalue weighted by molar-refractivity contribution is -0.147. The van der Waals surface area contributed by atoms with Gasteiger partial charge in [0.15, 0.2) is 0 Å². The molecule has 2 fully saturated rings. The molecule has 2 saturated heterocycles. The summed E-state index contributed by atoms with van der Waals surface area (Å²) in [5.74, 6) is -0.296. The van der Waals surface area contributed by atoms with Crippen LogP contribution in [0.1, 0.15) is 37.7 Å². The third-order valence-electron chi connectivity index (χ3n) is 8.12. The third kappa shape index (κ3) is 7.02. The topological polar surface area (TPSA) is 135 Å². The number of likely N-dealkylation sites (tertiary alicyclic amines) is 1. The molecule has 2 aromatic carbocycles. The molecule has 2 aliphatic rings. The first-order valence-corrected chi connectivity index (χ1v) is 14.4. The molecule has 3 N–H and O–H groups in total. The number of ether oxygens (including phenoxy) is 2. The van der Waals surface area contributed by atoms with Crippen molar-refractivity contribution in [3.8, 4) is 5.75 Å². The number of carbonyl (C=O) groups excluding carboxylic acids is 4. The zero-order valence-corrected chi connectivity index (χ0v) is 24.4. The number of hydrogen-bond acceptors (Lipinski definition) is 8. The van der Waals surface area contributed by atoms with Crippen LogP contribution in [0.4, 0.5) is 5.69 Å². The number of esters is 1. The van der Waals surface area contributed by atoms with Crippen LogP contribution in [0.15, 0.2) is 54.6 Å². The number of methoxy groups -OCH3 is 2. The molecular formula is C31H41N5O6. The fourth-order valence-electron chi connectivity index (χ4n) is 5.75. The normalized spacial score (nSPS) is 16.8. The maximum absolute atomic E-state index is 13.9. The van der Waals surface area contributed by atoms with Crippen LogP contribution in [0, 0.1) is 0 Å². The third-order valence-corrected chi connectivity index (χ3v) is 8.12. The van der Waals surface area contributed by atoms with Gasteiger partial charge < -0.3 is 35.2 Å². The molecule has 2 heterocycles. The summed E-state index contributed by atoms with van der Waals surface area (Å²) in [5.41, 5.74) is 6.46. The van der Waals surface area contributed by atoms with Crippen LogP contribution >= 0.6 is 0 Å². The van der Waals surface area contributed by atoms with Crippen molar-refractivity contribution in [2.45, 2.75) is 50.1 Å². The number of hydrogen-bond donors (Lipinski definition) is 2. The van der Waals surface area contributed by atoms with E-state index in [0.29, 0.717) is 57.5 Å². The molecule has 2 aliphatic heterocycles. The molecule has 0 saturated carbocycles. The number of amides is 3. The van der Waals surface area contributed by atoms with Crippen molar-refractivity contribution in [1.82, 2.24) is 15.1 Å². The van der Waals surface area contributed by atoms with Crippen molar-refractivity contribution >= 4 is 29.4 Å². The number of rotatable bonds is 12. The Hall–Kier alpha value is -4.12. The standard InChI is InChI=1S/C31H41N5O6/c1-41-25-13-11-23(12-14-25)20-26(33-27(37)10-6-7-17-32)29(39)34-18-15-31(16-19-34)30(40)35(21-28(38)42-2)22-36(31)24-8-4-3-5-9-24/h3-5,8-9,11-14,26H,6-7,10,15-22,32H2,1-2H3,(H,33,37)/t26-/m1/s1. The van der Waals surface area contributed by atoms with E-state index in [1.807, 2.05) is 59.5 Å². The lowest BCUT2D eigenvalue weighted by atomic mass is 9.85. The van der Waals surface area contributed by atoms with Crippen molar-refractivity contribution in [2.75, 3.05) is 52.0 Å². The molecular weight excluding hydrogens is 538 g/mol. The van der Waals surface area contributed by atoms with Gasteiger partial charge in [0.05, 0.1) is 20.9 Å². The lowest BCUT2D eigenvalue weighted by Gasteiger charge is -2.44. The Morgan fingerprint density at radius 3 is 2.31 bits per heavy atom. The minimum absolute atomic E-state index is 0.136. The molecule has 3 amide bonds. The van der Waals surface area contributed by atoms with Gasteiger partial charge in [0, 0.05) is 31.6 Å². The second kappa shape index (κ2) is 14.2. The maximum Gasteiger partial charge on any atom is 0.325 e. The zero-order chi connectivity index (χ0) is 30.1. The van der Waals surface area contributed by atoms with Gasteiger partial charge in [0.1, 0.15) is 23.9 Å². The van der Waals surface area contributed by atoms with Gasteiger partial charge in [-0.2, -0.15) is 0 Å². The predicted molar refractivity (Wildman–Crippen MR) is 158 cm³/mol. The fourth-order valence-corrected chi connectivity index (χ4v) is 5.75. The minimum atomic E-state index is -0.886. The summed E-state index contributed by atoms with van der Waals surface area (Å²) in [6.07, 6.45) is 2.79. The van der Waals surface area contributed by atoms with Crippen LogP contribution < -0.4 is 20.7 Å². The first-order chi connectivity index (χ1) is 20.3. The van der Waals surface area contributed by atoms with Crippen molar-refractivity contribution in [3.63, 3.8) is 0 Å². The van der Waals surface area contributed by atoms with Gasteiger partial charge in [-0.3, -0.25) is 19.2 Å². The summed E-state index contributed by atoms with van der Waals surface area (Å²) >= 11 is 0. The Labute approximate surface area is 246 Å². The molecule has 0 bridgehead atoms. The largest absolute Gasteiger partial charge is 0.497 e. The molecule has 0 unspecified atom stereocenters. The minimum Gasteiger partial charge on any atom is -0.497 e. The van der Waals surface area contributed by atoms with Gasteiger partial charge >= 0.3 is 5.97 Å². The highest BCUT2D eigenvalue weighted by Gasteiger charge is 2.54. The average molecular weight is 580 g/mol.